The third-order valence-electron chi connectivity index (χ3n) is 2.67. The van der Waals surface area contributed by atoms with Crippen molar-refractivity contribution in [1.29, 1.82) is 0 Å². The maximum Gasteiger partial charge on any atom is 0.251 e. The number of aromatic amines is 1. The first kappa shape index (κ1) is 13.9. The molecule has 0 unspecified atom stereocenters. The molecule has 0 aliphatic carbocycles. The number of H-pyrrole nitrogens is 1. The molecule has 1 heterocycles. The van der Waals surface area contributed by atoms with Crippen LogP contribution in [-0.2, 0) is 11.8 Å². The lowest BCUT2D eigenvalue weighted by atomic mass is 9.90. The smallest absolute Gasteiger partial charge is 0.251 e. The van der Waals surface area contributed by atoms with Crippen LogP contribution in [-0.4, -0.2) is 9.97 Å². The molecule has 17 heavy (non-hydrogen) atoms. The molecule has 96 valence electrons. The highest BCUT2D eigenvalue weighted by atomic mass is 16.1. The van der Waals surface area contributed by atoms with Crippen LogP contribution in [0.5, 0.6) is 0 Å². The van der Waals surface area contributed by atoms with Gasteiger partial charge in [0.25, 0.3) is 5.56 Å². The minimum absolute atomic E-state index is 0.0474. The zero-order valence-electron chi connectivity index (χ0n) is 11.8. The van der Waals surface area contributed by atoms with Crippen LogP contribution in [0.15, 0.2) is 10.9 Å². The topological polar surface area (TPSA) is 45.8 Å². The minimum atomic E-state index is -0.0786. The van der Waals surface area contributed by atoms with Gasteiger partial charge in [0.05, 0.1) is 5.69 Å². The molecule has 0 saturated heterocycles. The fraction of sp³-hybridized carbons (Fsp3) is 0.714. The molecule has 3 heteroatoms. The molecule has 0 saturated carbocycles. The second-order valence-corrected chi connectivity index (χ2v) is 6.89. The first-order valence-electron chi connectivity index (χ1n) is 6.19. The third-order valence-corrected chi connectivity index (χ3v) is 2.67. The Morgan fingerprint density at radius 3 is 2.24 bits per heavy atom. The van der Waals surface area contributed by atoms with Gasteiger partial charge in [0.15, 0.2) is 0 Å². The van der Waals surface area contributed by atoms with E-state index in [0.29, 0.717) is 0 Å². The number of aromatic nitrogens is 2. The fourth-order valence-corrected chi connectivity index (χ4v) is 1.50. The number of hydrogen-bond acceptors (Lipinski definition) is 2. The van der Waals surface area contributed by atoms with Crippen molar-refractivity contribution >= 4 is 0 Å². The average molecular weight is 236 g/mol. The quantitative estimate of drug-likeness (QED) is 0.857. The molecule has 0 fully saturated rings. The monoisotopic (exact) mass is 236 g/mol. The van der Waals surface area contributed by atoms with E-state index in [1.54, 1.807) is 6.07 Å². The van der Waals surface area contributed by atoms with Gasteiger partial charge in [-0.05, 0) is 11.8 Å². The average Bonchev–Trinajstić information content (AvgIpc) is 2.11. The van der Waals surface area contributed by atoms with Crippen LogP contribution in [0, 0.1) is 5.41 Å². The zero-order valence-corrected chi connectivity index (χ0v) is 11.8. The molecular formula is C14H24N2O. The molecule has 0 radical (unpaired) electrons. The van der Waals surface area contributed by atoms with E-state index in [0.717, 1.165) is 24.4 Å². The largest absolute Gasteiger partial charge is 0.311 e. The molecular weight excluding hydrogens is 212 g/mol. The second kappa shape index (κ2) is 4.63. The van der Waals surface area contributed by atoms with Crippen LogP contribution >= 0.6 is 0 Å². The van der Waals surface area contributed by atoms with E-state index in [9.17, 15) is 4.79 Å². The number of rotatable bonds is 2. The zero-order chi connectivity index (χ0) is 13.3. The Labute approximate surface area is 104 Å². The lowest BCUT2D eigenvalue weighted by Gasteiger charge is -2.20. The highest BCUT2D eigenvalue weighted by Gasteiger charge is 2.18. The van der Waals surface area contributed by atoms with Crippen molar-refractivity contribution in [2.75, 3.05) is 0 Å². The summed E-state index contributed by atoms with van der Waals surface area (Å²) in [6, 6.07) is 1.60. The Balaban J connectivity index is 2.95. The Morgan fingerprint density at radius 1 is 1.18 bits per heavy atom. The van der Waals surface area contributed by atoms with E-state index in [1.165, 1.54) is 0 Å². The standard InChI is InChI=1S/C14H24N2O/c1-13(2,3)8-7-11-15-10(14(4,5)6)9-12(17)16-11/h9H,7-8H2,1-6H3,(H,15,16,17). The van der Waals surface area contributed by atoms with E-state index in [-0.39, 0.29) is 16.4 Å². The van der Waals surface area contributed by atoms with Gasteiger partial charge in [-0.3, -0.25) is 4.79 Å². The maximum absolute atomic E-state index is 11.6. The van der Waals surface area contributed by atoms with Crippen molar-refractivity contribution in [2.24, 2.45) is 5.41 Å². The van der Waals surface area contributed by atoms with Crippen molar-refractivity contribution in [3.8, 4) is 0 Å². The SMILES string of the molecule is CC(C)(C)CCc1nc(C(C)(C)C)cc(=O)[nH]1. The summed E-state index contributed by atoms with van der Waals surface area (Å²) in [5.41, 5.74) is 1.00. The van der Waals surface area contributed by atoms with Gasteiger partial charge in [-0.2, -0.15) is 0 Å². The van der Waals surface area contributed by atoms with E-state index >= 15 is 0 Å². The molecule has 0 amide bonds. The van der Waals surface area contributed by atoms with Gasteiger partial charge in [0.2, 0.25) is 0 Å². The molecule has 0 bridgehead atoms. The molecule has 1 rings (SSSR count). The lowest BCUT2D eigenvalue weighted by Crippen LogP contribution is -2.21. The molecule has 3 nitrogen and oxygen atoms in total. The Bertz CT molecular complexity index is 433. The summed E-state index contributed by atoms with van der Waals surface area (Å²) < 4.78 is 0. The minimum Gasteiger partial charge on any atom is -0.311 e. The second-order valence-electron chi connectivity index (χ2n) is 6.89. The first-order valence-corrected chi connectivity index (χ1v) is 6.19. The van der Waals surface area contributed by atoms with Gasteiger partial charge in [0, 0.05) is 17.9 Å². The van der Waals surface area contributed by atoms with Crippen LogP contribution in [0.4, 0.5) is 0 Å². The molecule has 0 aromatic carbocycles. The van der Waals surface area contributed by atoms with Crippen molar-refractivity contribution in [3.05, 3.63) is 27.9 Å². The summed E-state index contributed by atoms with van der Waals surface area (Å²) in [6.07, 6.45) is 1.84. The third kappa shape index (κ3) is 4.72. The van der Waals surface area contributed by atoms with Crippen LogP contribution < -0.4 is 5.56 Å². The van der Waals surface area contributed by atoms with Gasteiger partial charge in [-0.1, -0.05) is 41.5 Å². The van der Waals surface area contributed by atoms with Crippen LogP contribution in [0.2, 0.25) is 0 Å². The van der Waals surface area contributed by atoms with Gasteiger partial charge in [-0.25, -0.2) is 4.98 Å². The number of hydrogen-bond donors (Lipinski definition) is 1. The van der Waals surface area contributed by atoms with Gasteiger partial charge >= 0.3 is 0 Å². The van der Waals surface area contributed by atoms with Crippen molar-refractivity contribution in [1.82, 2.24) is 9.97 Å². The van der Waals surface area contributed by atoms with Gasteiger partial charge in [-0.15, -0.1) is 0 Å². The van der Waals surface area contributed by atoms with Crippen LogP contribution in [0.3, 0.4) is 0 Å². The molecule has 0 aliphatic rings. The predicted molar refractivity (Wildman–Crippen MR) is 71.3 cm³/mol. The van der Waals surface area contributed by atoms with E-state index in [2.05, 4.69) is 51.5 Å². The maximum atomic E-state index is 11.6. The van der Waals surface area contributed by atoms with Crippen LogP contribution in [0.25, 0.3) is 0 Å². The van der Waals surface area contributed by atoms with E-state index in [4.69, 9.17) is 0 Å². The number of nitrogens with one attached hydrogen (secondary N) is 1. The summed E-state index contributed by atoms with van der Waals surface area (Å²) >= 11 is 0. The number of aryl methyl sites for hydroxylation is 1. The Kier molecular flexibility index (Phi) is 3.80. The van der Waals surface area contributed by atoms with E-state index in [1.807, 2.05) is 0 Å². The normalized spacial score (nSPS) is 12.8. The highest BCUT2D eigenvalue weighted by molar-refractivity contribution is 5.12. The van der Waals surface area contributed by atoms with Crippen molar-refractivity contribution in [2.45, 2.75) is 59.8 Å². The fourth-order valence-electron chi connectivity index (χ4n) is 1.50. The summed E-state index contributed by atoms with van der Waals surface area (Å²) in [7, 11) is 0. The molecule has 0 spiro atoms. The lowest BCUT2D eigenvalue weighted by molar-refractivity contribution is 0.373. The Morgan fingerprint density at radius 2 is 1.76 bits per heavy atom. The Hall–Kier alpha value is -1.12. The first-order chi connectivity index (χ1) is 7.58. The molecule has 1 aromatic rings. The summed E-state index contributed by atoms with van der Waals surface area (Å²) in [5.74, 6) is 0.803. The summed E-state index contributed by atoms with van der Waals surface area (Å²) in [4.78, 5) is 19.0. The summed E-state index contributed by atoms with van der Waals surface area (Å²) in [6.45, 7) is 12.8. The molecule has 0 atom stereocenters. The highest BCUT2D eigenvalue weighted by Crippen LogP contribution is 2.22. The van der Waals surface area contributed by atoms with Gasteiger partial charge < -0.3 is 4.98 Å². The van der Waals surface area contributed by atoms with Crippen molar-refractivity contribution < 1.29 is 0 Å². The summed E-state index contributed by atoms with van der Waals surface area (Å²) in [5, 5.41) is 0. The predicted octanol–water partition coefficient (Wildman–Crippen LogP) is 3.05. The van der Waals surface area contributed by atoms with Crippen molar-refractivity contribution in [3.63, 3.8) is 0 Å². The van der Waals surface area contributed by atoms with E-state index < -0.39 is 0 Å². The van der Waals surface area contributed by atoms with Gasteiger partial charge in [0.1, 0.15) is 5.82 Å². The molecule has 1 aromatic heterocycles. The van der Waals surface area contributed by atoms with Crippen LogP contribution in [0.1, 0.15) is 59.5 Å². The molecule has 1 N–H and O–H groups in total. The molecule has 0 aliphatic heterocycles. The number of nitrogens with zero attached hydrogens (tertiary/aromatic N) is 1.